The maximum atomic E-state index is 12.9. The largest absolute Gasteiger partial charge is 0.497 e. The molecule has 0 atom stereocenters. The molecule has 30 heavy (non-hydrogen) atoms. The molecule has 0 aliphatic carbocycles. The minimum Gasteiger partial charge on any atom is -0.497 e. The van der Waals surface area contributed by atoms with Crippen LogP contribution in [0.3, 0.4) is 0 Å². The highest BCUT2D eigenvalue weighted by atomic mass is 32.1. The maximum absolute atomic E-state index is 12.9. The molecule has 0 bridgehead atoms. The molecule has 2 aromatic carbocycles. The Hall–Kier alpha value is -3.64. The van der Waals surface area contributed by atoms with Crippen LogP contribution >= 0.6 is 11.3 Å². The topological polar surface area (TPSA) is 53.4 Å². The number of carbonyl (C=O) groups excluding carboxylic acids is 1. The van der Waals surface area contributed by atoms with Crippen molar-refractivity contribution < 1.29 is 14.3 Å². The van der Waals surface area contributed by atoms with Crippen molar-refractivity contribution in [2.45, 2.75) is 0 Å². The van der Waals surface area contributed by atoms with Crippen LogP contribution in [0.4, 0.5) is 0 Å². The molecule has 0 N–H and O–H groups in total. The van der Waals surface area contributed by atoms with E-state index in [4.69, 9.17) is 14.6 Å². The zero-order valence-corrected chi connectivity index (χ0v) is 17.4. The molecule has 0 saturated heterocycles. The summed E-state index contributed by atoms with van der Waals surface area (Å²) in [6.45, 7) is 0. The van der Waals surface area contributed by atoms with Crippen molar-refractivity contribution in [1.29, 1.82) is 0 Å². The molecule has 0 amide bonds. The van der Waals surface area contributed by atoms with E-state index < -0.39 is 0 Å². The molecular formula is C24H20N2O3S. The molecule has 0 fully saturated rings. The van der Waals surface area contributed by atoms with Crippen molar-refractivity contribution in [2.24, 2.45) is 0 Å². The summed E-state index contributed by atoms with van der Waals surface area (Å²) in [4.78, 5) is 12.9. The first-order valence-electron chi connectivity index (χ1n) is 9.31. The number of hydrogen-bond donors (Lipinski definition) is 0. The Balaban J connectivity index is 1.71. The van der Waals surface area contributed by atoms with Gasteiger partial charge in [-0.15, -0.1) is 0 Å². The number of benzene rings is 2. The zero-order valence-electron chi connectivity index (χ0n) is 16.6. The fourth-order valence-corrected chi connectivity index (χ4v) is 3.75. The van der Waals surface area contributed by atoms with Crippen LogP contribution in [0.15, 0.2) is 77.6 Å². The first-order valence-corrected chi connectivity index (χ1v) is 10.3. The zero-order chi connectivity index (χ0) is 20.9. The van der Waals surface area contributed by atoms with Gasteiger partial charge in [-0.2, -0.15) is 16.4 Å². The summed E-state index contributed by atoms with van der Waals surface area (Å²) in [5, 5.41) is 8.80. The third-order valence-electron chi connectivity index (χ3n) is 4.64. The molecule has 6 heteroatoms. The lowest BCUT2D eigenvalue weighted by molar-refractivity contribution is 0.104. The lowest BCUT2D eigenvalue weighted by Gasteiger charge is -2.07. The molecule has 5 nitrogen and oxygen atoms in total. The first-order chi connectivity index (χ1) is 14.7. The van der Waals surface area contributed by atoms with Crippen LogP contribution in [0, 0.1) is 0 Å². The lowest BCUT2D eigenvalue weighted by Crippen LogP contribution is -1.99. The van der Waals surface area contributed by atoms with E-state index in [0.29, 0.717) is 17.1 Å². The molecule has 2 aromatic heterocycles. The third-order valence-corrected chi connectivity index (χ3v) is 5.33. The van der Waals surface area contributed by atoms with Gasteiger partial charge in [-0.1, -0.05) is 18.2 Å². The molecule has 0 radical (unpaired) electrons. The molecule has 0 unspecified atom stereocenters. The number of methoxy groups -OCH3 is 2. The smallest absolute Gasteiger partial charge is 0.189 e. The molecule has 4 aromatic rings. The third kappa shape index (κ3) is 4.04. The summed E-state index contributed by atoms with van der Waals surface area (Å²) in [5.74, 6) is 0.932. The maximum Gasteiger partial charge on any atom is 0.189 e. The normalized spacial score (nSPS) is 11.0. The van der Waals surface area contributed by atoms with Crippen LogP contribution in [-0.4, -0.2) is 29.8 Å². The molecule has 4 rings (SSSR count). The quantitative estimate of drug-likeness (QED) is 0.294. The number of thiophene rings is 1. The average molecular weight is 417 g/mol. The molecular weight excluding hydrogens is 396 g/mol. The number of ether oxygens (including phenoxy) is 2. The van der Waals surface area contributed by atoms with E-state index in [9.17, 15) is 4.79 Å². The molecule has 0 aliphatic rings. The number of carbonyl (C=O) groups is 1. The van der Waals surface area contributed by atoms with Gasteiger partial charge in [0.2, 0.25) is 0 Å². The van der Waals surface area contributed by atoms with E-state index in [1.165, 1.54) is 0 Å². The van der Waals surface area contributed by atoms with Crippen LogP contribution in [0.25, 0.3) is 23.0 Å². The molecule has 150 valence electrons. The predicted molar refractivity (Wildman–Crippen MR) is 120 cm³/mol. The van der Waals surface area contributed by atoms with Gasteiger partial charge in [0.05, 0.1) is 25.5 Å². The standard InChI is InChI=1S/C24H20N2O3S/c1-28-20-9-11-23(29-2)21(14-20)22(27)10-8-17-15-26(19-6-4-3-5-7-19)25-24(17)18-12-13-30-16-18/h3-16H,1-2H3/b10-8+. The number of nitrogens with zero attached hydrogens (tertiary/aromatic N) is 2. The van der Waals surface area contributed by atoms with Crippen molar-refractivity contribution in [3.05, 3.63) is 88.8 Å². The second kappa shape index (κ2) is 8.80. The molecule has 0 spiro atoms. The number of para-hydroxylation sites is 1. The van der Waals surface area contributed by atoms with E-state index in [2.05, 4.69) is 0 Å². The summed E-state index contributed by atoms with van der Waals surface area (Å²) in [6, 6.07) is 17.1. The van der Waals surface area contributed by atoms with Crippen molar-refractivity contribution in [3.63, 3.8) is 0 Å². The fourth-order valence-electron chi connectivity index (χ4n) is 3.11. The highest BCUT2D eigenvalue weighted by Crippen LogP contribution is 2.28. The van der Waals surface area contributed by atoms with Crippen LogP contribution in [0.2, 0.25) is 0 Å². The summed E-state index contributed by atoms with van der Waals surface area (Å²) >= 11 is 1.61. The number of ketones is 1. The van der Waals surface area contributed by atoms with E-state index in [0.717, 1.165) is 22.5 Å². The van der Waals surface area contributed by atoms with Crippen LogP contribution in [-0.2, 0) is 0 Å². The molecule has 2 heterocycles. The van der Waals surface area contributed by atoms with Gasteiger partial charge in [0.1, 0.15) is 17.2 Å². The minimum atomic E-state index is -0.172. The summed E-state index contributed by atoms with van der Waals surface area (Å²) in [6.07, 6.45) is 5.26. The van der Waals surface area contributed by atoms with E-state index in [1.54, 1.807) is 55.9 Å². The SMILES string of the molecule is COc1ccc(OC)c(C(=O)/C=C/c2cn(-c3ccccc3)nc2-c2ccsc2)c1. The lowest BCUT2D eigenvalue weighted by atomic mass is 10.1. The number of hydrogen-bond acceptors (Lipinski definition) is 5. The minimum absolute atomic E-state index is 0.172. The predicted octanol–water partition coefficient (Wildman–Crippen LogP) is 5.51. The van der Waals surface area contributed by atoms with Crippen molar-refractivity contribution in [1.82, 2.24) is 9.78 Å². The number of aromatic nitrogens is 2. The van der Waals surface area contributed by atoms with Crippen LogP contribution < -0.4 is 9.47 Å². The van der Waals surface area contributed by atoms with Crippen molar-refractivity contribution in [3.8, 4) is 28.4 Å². The Labute approximate surface area is 178 Å². The molecule has 0 aliphatic heterocycles. The summed E-state index contributed by atoms with van der Waals surface area (Å²) in [5.41, 5.74) is 4.09. The highest BCUT2D eigenvalue weighted by molar-refractivity contribution is 7.08. The second-order valence-electron chi connectivity index (χ2n) is 6.49. The van der Waals surface area contributed by atoms with Crippen LogP contribution in [0.5, 0.6) is 11.5 Å². The molecule has 0 saturated carbocycles. The fraction of sp³-hybridized carbons (Fsp3) is 0.0833. The van der Waals surface area contributed by atoms with Crippen LogP contribution in [0.1, 0.15) is 15.9 Å². The van der Waals surface area contributed by atoms with E-state index in [1.807, 2.05) is 58.0 Å². The van der Waals surface area contributed by atoms with E-state index >= 15 is 0 Å². The Morgan fingerprint density at radius 1 is 1.07 bits per heavy atom. The van der Waals surface area contributed by atoms with Gasteiger partial charge in [-0.05, 0) is 53.9 Å². The van der Waals surface area contributed by atoms with Crippen molar-refractivity contribution in [2.75, 3.05) is 14.2 Å². The Morgan fingerprint density at radius 2 is 1.90 bits per heavy atom. The number of allylic oxidation sites excluding steroid dienone is 1. The summed E-state index contributed by atoms with van der Waals surface area (Å²) in [7, 11) is 3.11. The Bertz CT molecular complexity index is 1180. The van der Waals surface area contributed by atoms with Gasteiger partial charge in [0.15, 0.2) is 5.78 Å². The van der Waals surface area contributed by atoms with Gasteiger partial charge < -0.3 is 9.47 Å². The van der Waals surface area contributed by atoms with E-state index in [-0.39, 0.29) is 5.78 Å². The van der Waals surface area contributed by atoms with Gasteiger partial charge in [0.25, 0.3) is 0 Å². The average Bonchev–Trinajstić information content (AvgIpc) is 3.47. The second-order valence-corrected chi connectivity index (χ2v) is 7.27. The first kappa shape index (κ1) is 19.7. The monoisotopic (exact) mass is 416 g/mol. The van der Waals surface area contributed by atoms with Gasteiger partial charge >= 0.3 is 0 Å². The highest BCUT2D eigenvalue weighted by Gasteiger charge is 2.14. The number of rotatable bonds is 7. The van der Waals surface area contributed by atoms with Gasteiger partial charge in [0, 0.05) is 22.7 Å². The van der Waals surface area contributed by atoms with Crippen molar-refractivity contribution >= 4 is 23.2 Å². The van der Waals surface area contributed by atoms with Gasteiger partial charge in [-0.25, -0.2) is 4.68 Å². The Morgan fingerprint density at radius 3 is 2.60 bits per heavy atom. The summed E-state index contributed by atoms with van der Waals surface area (Å²) < 4.78 is 12.4. The Kier molecular flexibility index (Phi) is 5.77. The van der Waals surface area contributed by atoms with Gasteiger partial charge in [-0.3, -0.25) is 4.79 Å².